The third-order valence-electron chi connectivity index (χ3n) is 7.59. The number of hydrogen-bond donors (Lipinski definition) is 3. The first kappa shape index (κ1) is 25.9. The number of H-pyrrole nitrogens is 1. The van der Waals surface area contributed by atoms with E-state index in [0.29, 0.717) is 32.4 Å². The number of aromatic amines is 1. The number of benzene rings is 2. The van der Waals surface area contributed by atoms with Gasteiger partial charge in [-0.25, -0.2) is 0 Å². The Balaban J connectivity index is 0.00000304. The predicted molar refractivity (Wildman–Crippen MR) is 142 cm³/mol. The number of carbonyl (C=O) groups is 3. The van der Waals surface area contributed by atoms with Crippen LogP contribution in [0.5, 0.6) is 0 Å². The summed E-state index contributed by atoms with van der Waals surface area (Å²) in [5.41, 5.74) is 8.37. The minimum absolute atomic E-state index is 0. The van der Waals surface area contributed by atoms with E-state index in [4.69, 9.17) is 5.73 Å². The number of Topliss-reactive ketones (excluding diaryl/α,β-unsaturated/α-hetero) is 1. The van der Waals surface area contributed by atoms with Crippen molar-refractivity contribution in [3.05, 3.63) is 71.4 Å². The standard InChI is InChI=1S/C28H32N4O3.ClH/c1-27(2,29)26(35)31-23(15-19-17-30-22-10-6-5-8-20(19)22)25(34)32-13-11-28(12-14-32)16-18-7-3-4-9-21(18)24(28)33;/h3-10,17,23,30H,11-16,29H2,1-2H3,(H,31,35);1H/t23-;/m1./s1. The number of likely N-dealkylation sites (tertiary alicyclic amines) is 1. The lowest BCUT2D eigenvalue weighted by Crippen LogP contribution is -2.58. The lowest BCUT2D eigenvalue weighted by atomic mass is 9.75. The second-order valence-electron chi connectivity index (χ2n) is 10.6. The van der Waals surface area contributed by atoms with E-state index in [1.165, 1.54) is 0 Å². The third-order valence-corrected chi connectivity index (χ3v) is 7.59. The number of amides is 2. The molecule has 1 fully saturated rings. The molecular formula is C28H33ClN4O3. The van der Waals surface area contributed by atoms with Crippen LogP contribution >= 0.6 is 12.4 Å². The van der Waals surface area contributed by atoms with Crippen LogP contribution in [0.3, 0.4) is 0 Å². The average molecular weight is 509 g/mol. The molecule has 2 aliphatic rings. The van der Waals surface area contributed by atoms with E-state index in [2.05, 4.69) is 10.3 Å². The molecule has 8 heteroatoms. The van der Waals surface area contributed by atoms with Crippen molar-refractivity contribution in [3.8, 4) is 0 Å². The highest BCUT2D eigenvalue weighted by Crippen LogP contribution is 2.44. The maximum absolute atomic E-state index is 13.7. The van der Waals surface area contributed by atoms with Crippen LogP contribution in [0, 0.1) is 5.41 Å². The maximum Gasteiger partial charge on any atom is 0.245 e. The molecule has 1 saturated heterocycles. The fourth-order valence-corrected chi connectivity index (χ4v) is 5.47. The number of piperidine rings is 1. The largest absolute Gasteiger partial charge is 0.361 e. The molecule has 1 aliphatic heterocycles. The summed E-state index contributed by atoms with van der Waals surface area (Å²) in [4.78, 5) is 44.7. The molecule has 0 radical (unpaired) electrons. The number of carbonyl (C=O) groups excluding carboxylic acids is 3. The van der Waals surface area contributed by atoms with E-state index < -0.39 is 17.0 Å². The van der Waals surface area contributed by atoms with Crippen molar-refractivity contribution in [2.45, 2.75) is 51.1 Å². The summed E-state index contributed by atoms with van der Waals surface area (Å²) < 4.78 is 0. The zero-order chi connectivity index (χ0) is 24.8. The number of rotatable bonds is 5. The summed E-state index contributed by atoms with van der Waals surface area (Å²) in [6, 6.07) is 15.0. The molecule has 7 nitrogen and oxygen atoms in total. The smallest absolute Gasteiger partial charge is 0.245 e. The molecule has 0 unspecified atom stereocenters. The van der Waals surface area contributed by atoms with Crippen molar-refractivity contribution in [1.29, 1.82) is 0 Å². The van der Waals surface area contributed by atoms with E-state index in [1.54, 1.807) is 18.7 Å². The average Bonchev–Trinajstić information content (AvgIpc) is 3.37. The van der Waals surface area contributed by atoms with Gasteiger partial charge in [-0.3, -0.25) is 14.4 Å². The number of aromatic nitrogens is 1. The van der Waals surface area contributed by atoms with Crippen LogP contribution in [-0.4, -0.2) is 52.2 Å². The third kappa shape index (κ3) is 4.65. The number of ketones is 1. The van der Waals surface area contributed by atoms with Crippen LogP contribution in [0.4, 0.5) is 0 Å². The molecule has 190 valence electrons. The van der Waals surface area contributed by atoms with Gasteiger partial charge in [-0.15, -0.1) is 12.4 Å². The molecular weight excluding hydrogens is 476 g/mol. The highest BCUT2D eigenvalue weighted by atomic mass is 35.5. The van der Waals surface area contributed by atoms with E-state index in [-0.39, 0.29) is 30.0 Å². The summed E-state index contributed by atoms with van der Waals surface area (Å²) in [5.74, 6) is -0.301. The van der Waals surface area contributed by atoms with E-state index >= 15 is 0 Å². The van der Waals surface area contributed by atoms with Gasteiger partial charge in [0.05, 0.1) is 5.54 Å². The zero-order valence-electron chi connectivity index (χ0n) is 20.7. The van der Waals surface area contributed by atoms with Crippen molar-refractivity contribution in [2.24, 2.45) is 11.1 Å². The molecule has 2 aromatic carbocycles. The van der Waals surface area contributed by atoms with Crippen LogP contribution in [-0.2, 0) is 22.4 Å². The summed E-state index contributed by atoms with van der Waals surface area (Å²) in [6.45, 7) is 4.24. The van der Waals surface area contributed by atoms with Crippen molar-refractivity contribution in [2.75, 3.05) is 13.1 Å². The second-order valence-corrected chi connectivity index (χ2v) is 10.6. The summed E-state index contributed by atoms with van der Waals surface area (Å²) in [7, 11) is 0. The molecule has 2 amide bonds. The van der Waals surface area contributed by atoms with Gasteiger partial charge in [0.25, 0.3) is 0 Å². The fourth-order valence-electron chi connectivity index (χ4n) is 5.47. The molecule has 0 saturated carbocycles. The molecule has 1 aliphatic carbocycles. The summed E-state index contributed by atoms with van der Waals surface area (Å²) >= 11 is 0. The van der Waals surface area contributed by atoms with Gasteiger partial charge in [0.15, 0.2) is 5.78 Å². The van der Waals surface area contributed by atoms with Crippen molar-refractivity contribution < 1.29 is 14.4 Å². The maximum atomic E-state index is 13.7. The summed E-state index contributed by atoms with van der Waals surface area (Å²) in [5, 5.41) is 3.93. The molecule has 1 spiro atoms. The number of nitrogens with one attached hydrogen (secondary N) is 2. The number of hydrogen-bond acceptors (Lipinski definition) is 4. The zero-order valence-corrected chi connectivity index (χ0v) is 21.5. The monoisotopic (exact) mass is 508 g/mol. The van der Waals surface area contributed by atoms with Gasteiger partial charge in [-0.1, -0.05) is 42.5 Å². The van der Waals surface area contributed by atoms with Gasteiger partial charge >= 0.3 is 0 Å². The first-order valence-electron chi connectivity index (χ1n) is 12.2. The van der Waals surface area contributed by atoms with Crippen LogP contribution in [0.25, 0.3) is 10.9 Å². The molecule has 0 bridgehead atoms. The first-order valence-corrected chi connectivity index (χ1v) is 12.2. The van der Waals surface area contributed by atoms with Crippen LogP contribution in [0.2, 0.25) is 0 Å². The SMILES string of the molecule is CC(C)(N)C(=O)N[C@H](Cc1c[nH]c2ccccc12)C(=O)N1CCC2(CC1)Cc1ccccc1C2=O.Cl. The normalized spacial score (nSPS) is 17.5. The molecule has 3 aromatic rings. The Kier molecular flexibility index (Phi) is 6.99. The molecule has 1 aromatic heterocycles. The second kappa shape index (κ2) is 9.71. The van der Waals surface area contributed by atoms with Crippen molar-refractivity contribution in [3.63, 3.8) is 0 Å². The Morgan fingerprint density at radius 2 is 1.78 bits per heavy atom. The molecule has 4 N–H and O–H groups in total. The van der Waals surface area contributed by atoms with Crippen molar-refractivity contribution >= 4 is 40.9 Å². The minimum atomic E-state index is -1.10. The minimum Gasteiger partial charge on any atom is -0.361 e. The Morgan fingerprint density at radius 1 is 1.11 bits per heavy atom. The number of para-hydroxylation sites is 1. The number of halogens is 1. The number of nitrogens with two attached hydrogens (primary N) is 1. The van der Waals surface area contributed by atoms with Gasteiger partial charge in [0.2, 0.25) is 11.8 Å². The first-order chi connectivity index (χ1) is 16.7. The van der Waals surface area contributed by atoms with Crippen LogP contribution in [0.1, 0.15) is 48.2 Å². The Hall–Kier alpha value is -3.16. The lowest BCUT2D eigenvalue weighted by molar-refractivity contribution is -0.139. The quantitative estimate of drug-likeness (QED) is 0.490. The highest BCUT2D eigenvalue weighted by Gasteiger charge is 2.48. The fraction of sp³-hybridized carbons (Fsp3) is 0.393. The van der Waals surface area contributed by atoms with Gasteiger partial charge < -0.3 is 20.9 Å². The Morgan fingerprint density at radius 3 is 2.47 bits per heavy atom. The van der Waals surface area contributed by atoms with E-state index in [0.717, 1.165) is 34.0 Å². The number of nitrogens with zero attached hydrogens (tertiary/aromatic N) is 1. The van der Waals surface area contributed by atoms with E-state index in [9.17, 15) is 14.4 Å². The predicted octanol–water partition coefficient (Wildman–Crippen LogP) is 3.40. The van der Waals surface area contributed by atoms with Gasteiger partial charge in [0, 0.05) is 47.6 Å². The Bertz CT molecular complexity index is 1300. The highest BCUT2D eigenvalue weighted by molar-refractivity contribution is 6.05. The number of fused-ring (bicyclic) bond motifs is 2. The molecule has 2 heterocycles. The summed E-state index contributed by atoms with van der Waals surface area (Å²) in [6.07, 6.45) is 4.24. The topological polar surface area (TPSA) is 108 Å². The van der Waals surface area contributed by atoms with Crippen molar-refractivity contribution in [1.82, 2.24) is 15.2 Å². The van der Waals surface area contributed by atoms with Crippen LogP contribution in [0.15, 0.2) is 54.7 Å². The molecule has 1 atom stereocenters. The van der Waals surface area contributed by atoms with Gasteiger partial charge in [-0.05, 0) is 50.3 Å². The lowest BCUT2D eigenvalue weighted by Gasteiger charge is -2.39. The molecule has 36 heavy (non-hydrogen) atoms. The van der Waals surface area contributed by atoms with Gasteiger partial charge in [-0.2, -0.15) is 0 Å². The Labute approximate surface area is 217 Å². The van der Waals surface area contributed by atoms with Gasteiger partial charge in [0.1, 0.15) is 6.04 Å². The molecule has 5 rings (SSSR count). The van der Waals surface area contributed by atoms with Crippen LogP contribution < -0.4 is 11.1 Å². The van der Waals surface area contributed by atoms with E-state index in [1.807, 2.05) is 54.7 Å².